The summed E-state index contributed by atoms with van der Waals surface area (Å²) >= 11 is 0. The van der Waals surface area contributed by atoms with Crippen molar-refractivity contribution in [1.29, 1.82) is 0 Å². The number of nitrogens with one attached hydrogen (secondary N) is 1. The number of aliphatic hydroxyl groups is 5. The molecule has 0 spiro atoms. The Hall–Kier alpha value is -3.15. The van der Waals surface area contributed by atoms with Crippen LogP contribution >= 0.6 is 0 Å². The van der Waals surface area contributed by atoms with Gasteiger partial charge in [-0.15, -0.1) is 0 Å². The summed E-state index contributed by atoms with van der Waals surface area (Å²) in [6, 6.07) is -0.734. The molecule has 1 saturated heterocycles. The Morgan fingerprint density at radius 2 is 1.00 bits per heavy atom. The van der Waals surface area contributed by atoms with Gasteiger partial charge in [0.25, 0.3) is 0 Å². The van der Waals surface area contributed by atoms with Gasteiger partial charge in [0.05, 0.1) is 25.4 Å². The molecular formula is C53H87NO8. The minimum atomic E-state index is -1.56. The van der Waals surface area contributed by atoms with Crippen LogP contribution < -0.4 is 5.32 Å². The molecule has 352 valence electrons. The number of hydrogen-bond donors (Lipinski definition) is 6. The van der Waals surface area contributed by atoms with Crippen LogP contribution in [0, 0.1) is 0 Å². The van der Waals surface area contributed by atoms with E-state index in [2.05, 4.69) is 129 Å². The highest BCUT2D eigenvalue weighted by molar-refractivity contribution is 5.76. The van der Waals surface area contributed by atoms with Gasteiger partial charge in [-0.3, -0.25) is 4.79 Å². The standard InChI is InChI=1S/C53H87NO8/c1-3-5-7-9-11-12-13-14-15-16-17-18-19-20-21-22-23-24-25-26-27-28-29-30-31-32-33-34-35-36-37-39-41-43-49(57)54-46(47(56)42-40-38-10-8-6-4-2)45-61-53-52(60)51(59)50(58)48(44-55)62-53/h5,7,11-12,14-15,17-18,20-21,23-24,26-27,29-30,32-33,46-48,50-53,55-56,58-60H,3-4,6,8-10,13,16,19,22,25,28,31,34-45H2,1-2H3,(H,54,57)/b7-5-,12-11-,15-14-,18-17-,21-20-,24-23-,27-26-,30-29-,33-32-. The largest absolute Gasteiger partial charge is 0.394 e. The monoisotopic (exact) mass is 866 g/mol. The van der Waals surface area contributed by atoms with E-state index in [1.54, 1.807) is 0 Å². The Morgan fingerprint density at radius 1 is 0.565 bits per heavy atom. The van der Waals surface area contributed by atoms with Gasteiger partial charge in [-0.25, -0.2) is 0 Å². The Morgan fingerprint density at radius 3 is 1.48 bits per heavy atom. The lowest BCUT2D eigenvalue weighted by atomic mass is 9.99. The molecular weight excluding hydrogens is 779 g/mol. The Balaban J connectivity index is 2.17. The van der Waals surface area contributed by atoms with Gasteiger partial charge in [0.1, 0.15) is 24.4 Å². The molecule has 9 nitrogen and oxygen atoms in total. The molecule has 0 aromatic rings. The van der Waals surface area contributed by atoms with Crippen LogP contribution in [-0.4, -0.2) is 87.5 Å². The molecule has 1 heterocycles. The van der Waals surface area contributed by atoms with Crippen LogP contribution in [0.3, 0.4) is 0 Å². The first-order valence-electron chi connectivity index (χ1n) is 24.1. The number of carbonyl (C=O) groups excluding carboxylic acids is 1. The van der Waals surface area contributed by atoms with Gasteiger partial charge in [0.15, 0.2) is 6.29 Å². The summed E-state index contributed by atoms with van der Waals surface area (Å²) in [4.78, 5) is 12.9. The van der Waals surface area contributed by atoms with Gasteiger partial charge < -0.3 is 40.3 Å². The van der Waals surface area contributed by atoms with Crippen LogP contribution in [0.1, 0.15) is 162 Å². The second-order valence-corrected chi connectivity index (χ2v) is 16.2. The molecule has 0 saturated carbocycles. The van der Waals surface area contributed by atoms with Gasteiger partial charge in [0.2, 0.25) is 5.91 Å². The molecule has 7 atom stereocenters. The predicted octanol–water partition coefficient (Wildman–Crippen LogP) is 10.7. The highest BCUT2D eigenvalue weighted by Crippen LogP contribution is 2.23. The van der Waals surface area contributed by atoms with E-state index < -0.39 is 49.5 Å². The number of unbranched alkanes of at least 4 members (excludes halogenated alkanes) is 10. The molecule has 1 fully saturated rings. The summed E-state index contributed by atoms with van der Waals surface area (Å²) < 4.78 is 11.2. The molecule has 62 heavy (non-hydrogen) atoms. The first kappa shape index (κ1) is 56.9. The van der Waals surface area contributed by atoms with Crippen LogP contribution in [0.4, 0.5) is 0 Å². The SMILES string of the molecule is CC/C=C\C/C=C\C/C=C\C/C=C\C/C=C\C/C=C\C/C=C\C/C=C\C/C=C\CCCCCCCC(=O)NC(COC1OC(CO)C(O)C(O)C1O)C(O)CCCCCCCC. The van der Waals surface area contributed by atoms with Crippen LogP contribution in [0.25, 0.3) is 0 Å². The molecule has 0 bridgehead atoms. The second kappa shape index (κ2) is 41.8. The fourth-order valence-corrected chi connectivity index (χ4v) is 6.80. The van der Waals surface area contributed by atoms with E-state index in [1.807, 2.05) is 0 Å². The number of amides is 1. The average Bonchev–Trinajstić information content (AvgIpc) is 3.27. The Labute approximate surface area is 376 Å². The van der Waals surface area contributed by atoms with Crippen LogP contribution in [0.15, 0.2) is 109 Å². The molecule has 6 N–H and O–H groups in total. The number of aliphatic hydroxyl groups excluding tert-OH is 5. The van der Waals surface area contributed by atoms with Crippen molar-refractivity contribution >= 4 is 5.91 Å². The quantitative estimate of drug-likeness (QED) is 0.0265. The Bertz CT molecular complexity index is 1330. The van der Waals surface area contributed by atoms with E-state index in [4.69, 9.17) is 9.47 Å². The van der Waals surface area contributed by atoms with Crippen molar-refractivity contribution in [2.24, 2.45) is 0 Å². The third-order valence-corrected chi connectivity index (χ3v) is 10.6. The number of allylic oxidation sites excluding steroid dienone is 18. The van der Waals surface area contributed by atoms with Crippen molar-refractivity contribution in [2.45, 2.75) is 204 Å². The maximum atomic E-state index is 12.9. The summed E-state index contributed by atoms with van der Waals surface area (Å²) in [6.45, 7) is 3.61. The van der Waals surface area contributed by atoms with E-state index in [9.17, 15) is 30.3 Å². The van der Waals surface area contributed by atoms with Crippen molar-refractivity contribution < 1.29 is 39.8 Å². The van der Waals surface area contributed by atoms with E-state index in [-0.39, 0.29) is 12.5 Å². The first-order chi connectivity index (χ1) is 30.3. The summed E-state index contributed by atoms with van der Waals surface area (Å²) in [5.41, 5.74) is 0. The fraction of sp³-hybridized carbons (Fsp3) is 0.642. The number of carbonyl (C=O) groups is 1. The van der Waals surface area contributed by atoms with Gasteiger partial charge in [-0.05, 0) is 83.5 Å². The first-order valence-corrected chi connectivity index (χ1v) is 24.1. The minimum Gasteiger partial charge on any atom is -0.394 e. The average molecular weight is 866 g/mol. The molecule has 0 aromatic heterocycles. The molecule has 1 rings (SSSR count). The number of rotatable bonds is 38. The summed E-state index contributed by atoms with van der Waals surface area (Å²) in [5, 5.41) is 54.0. The van der Waals surface area contributed by atoms with E-state index >= 15 is 0 Å². The molecule has 1 aliphatic heterocycles. The minimum absolute atomic E-state index is 0.155. The third-order valence-electron chi connectivity index (χ3n) is 10.6. The molecule has 0 aromatic carbocycles. The lowest BCUT2D eigenvalue weighted by molar-refractivity contribution is -0.302. The fourth-order valence-electron chi connectivity index (χ4n) is 6.80. The van der Waals surface area contributed by atoms with Crippen molar-refractivity contribution in [2.75, 3.05) is 13.2 Å². The van der Waals surface area contributed by atoms with Crippen LogP contribution in [0.2, 0.25) is 0 Å². The van der Waals surface area contributed by atoms with Gasteiger partial charge >= 0.3 is 0 Å². The van der Waals surface area contributed by atoms with E-state index in [1.165, 1.54) is 6.42 Å². The maximum Gasteiger partial charge on any atom is 0.220 e. The Kier molecular flexibility index (Phi) is 38.4. The molecule has 1 aliphatic rings. The zero-order valence-corrected chi connectivity index (χ0v) is 38.6. The molecule has 1 amide bonds. The topological polar surface area (TPSA) is 149 Å². The molecule has 7 unspecified atom stereocenters. The summed E-state index contributed by atoms with van der Waals surface area (Å²) in [7, 11) is 0. The number of hydrogen-bond acceptors (Lipinski definition) is 8. The predicted molar refractivity (Wildman–Crippen MR) is 257 cm³/mol. The zero-order valence-electron chi connectivity index (χ0n) is 38.6. The second-order valence-electron chi connectivity index (χ2n) is 16.2. The van der Waals surface area contributed by atoms with E-state index in [0.29, 0.717) is 12.8 Å². The van der Waals surface area contributed by atoms with Crippen molar-refractivity contribution in [1.82, 2.24) is 5.32 Å². The number of ether oxygens (including phenoxy) is 2. The van der Waals surface area contributed by atoms with Gasteiger partial charge in [-0.1, -0.05) is 181 Å². The molecule has 0 radical (unpaired) electrons. The van der Waals surface area contributed by atoms with Gasteiger partial charge in [0, 0.05) is 6.42 Å². The van der Waals surface area contributed by atoms with Crippen molar-refractivity contribution in [3.8, 4) is 0 Å². The summed E-state index contributed by atoms with van der Waals surface area (Å²) in [5.74, 6) is -0.175. The van der Waals surface area contributed by atoms with Crippen LogP contribution in [0.5, 0.6) is 0 Å². The lowest BCUT2D eigenvalue weighted by Gasteiger charge is -2.40. The lowest BCUT2D eigenvalue weighted by Crippen LogP contribution is -2.60. The molecule has 0 aliphatic carbocycles. The van der Waals surface area contributed by atoms with Crippen molar-refractivity contribution in [3.63, 3.8) is 0 Å². The van der Waals surface area contributed by atoms with Crippen LogP contribution in [-0.2, 0) is 14.3 Å². The maximum absolute atomic E-state index is 12.9. The van der Waals surface area contributed by atoms with Gasteiger partial charge in [-0.2, -0.15) is 0 Å². The van der Waals surface area contributed by atoms with Crippen molar-refractivity contribution in [3.05, 3.63) is 109 Å². The zero-order chi connectivity index (χ0) is 45.1. The molecule has 9 heteroatoms. The third kappa shape index (κ3) is 31.7. The summed E-state index contributed by atoms with van der Waals surface area (Å²) in [6.07, 6.45) is 54.3. The highest BCUT2D eigenvalue weighted by atomic mass is 16.7. The smallest absolute Gasteiger partial charge is 0.220 e. The van der Waals surface area contributed by atoms with E-state index in [0.717, 1.165) is 128 Å². The normalized spacial score (nSPS) is 21.3. The highest BCUT2D eigenvalue weighted by Gasteiger charge is 2.44.